The standard InChI is InChI=1S/C17H23N3OS/c1-12(20-22(21)17(2,3)4)14-10-16(18)19-11-15(14)13-8-6-5-7-9-13/h5-12,20H,1-4H3,(H2,18,19). The van der Waals surface area contributed by atoms with E-state index in [0.29, 0.717) is 5.82 Å². The molecule has 0 saturated carbocycles. The number of nitrogens with one attached hydrogen (secondary N) is 1. The topological polar surface area (TPSA) is 74.0 Å². The first-order valence-electron chi connectivity index (χ1n) is 7.28. The van der Waals surface area contributed by atoms with Crippen molar-refractivity contribution in [3.05, 3.63) is 48.2 Å². The number of aromatic nitrogens is 1. The van der Waals surface area contributed by atoms with Crippen LogP contribution in [0, 0.1) is 0 Å². The van der Waals surface area contributed by atoms with Gasteiger partial charge in [0.05, 0.1) is 6.04 Å². The average molecular weight is 317 g/mol. The predicted octanol–water partition coefficient (Wildman–Crippen LogP) is 3.44. The molecule has 3 N–H and O–H groups in total. The van der Waals surface area contributed by atoms with Gasteiger partial charge in [-0.2, -0.15) is 0 Å². The summed E-state index contributed by atoms with van der Waals surface area (Å²) in [7, 11) is 0. The molecule has 0 bridgehead atoms. The van der Waals surface area contributed by atoms with E-state index < -0.39 is 11.4 Å². The van der Waals surface area contributed by atoms with Crippen LogP contribution in [0.4, 0.5) is 5.82 Å². The molecule has 2 rings (SSSR count). The lowest BCUT2D eigenvalue weighted by molar-refractivity contribution is 0.531. The molecular formula is C17H23N3OS. The molecule has 0 radical (unpaired) electrons. The summed E-state index contributed by atoms with van der Waals surface area (Å²) in [6, 6.07) is 11.8. The second-order valence-corrected chi connectivity index (χ2v) is 8.28. The molecule has 2 unspecified atom stereocenters. The number of anilines is 1. The van der Waals surface area contributed by atoms with Crippen LogP contribution in [-0.4, -0.2) is 14.3 Å². The SMILES string of the molecule is CC(N[S+]([O-])C(C)(C)C)c1cc(N)ncc1-c1ccccc1. The molecule has 1 aromatic heterocycles. The first kappa shape index (κ1) is 16.8. The molecule has 2 atom stereocenters. The van der Waals surface area contributed by atoms with Crippen LogP contribution < -0.4 is 10.5 Å². The highest BCUT2D eigenvalue weighted by atomic mass is 32.2. The quantitative estimate of drug-likeness (QED) is 0.847. The first-order chi connectivity index (χ1) is 10.3. The van der Waals surface area contributed by atoms with Crippen LogP contribution >= 0.6 is 0 Å². The van der Waals surface area contributed by atoms with Crippen molar-refractivity contribution in [1.29, 1.82) is 0 Å². The Morgan fingerprint density at radius 1 is 1.23 bits per heavy atom. The van der Waals surface area contributed by atoms with Gasteiger partial charge in [-0.15, -0.1) is 4.72 Å². The smallest absolute Gasteiger partial charge is 0.136 e. The Bertz CT molecular complexity index is 626. The molecule has 0 amide bonds. The van der Waals surface area contributed by atoms with Gasteiger partial charge in [0.1, 0.15) is 10.6 Å². The van der Waals surface area contributed by atoms with Gasteiger partial charge in [0.25, 0.3) is 0 Å². The minimum Gasteiger partial charge on any atom is -0.598 e. The third-order valence-corrected chi connectivity index (χ3v) is 5.03. The molecule has 0 saturated heterocycles. The predicted molar refractivity (Wildman–Crippen MR) is 93.5 cm³/mol. The highest BCUT2D eigenvalue weighted by molar-refractivity contribution is 7.90. The molecule has 22 heavy (non-hydrogen) atoms. The molecule has 118 valence electrons. The number of rotatable bonds is 4. The van der Waals surface area contributed by atoms with Crippen molar-refractivity contribution < 1.29 is 4.55 Å². The molecule has 4 nitrogen and oxygen atoms in total. The monoisotopic (exact) mass is 317 g/mol. The lowest BCUT2D eigenvalue weighted by atomic mass is 9.98. The van der Waals surface area contributed by atoms with Crippen LogP contribution in [0.25, 0.3) is 11.1 Å². The number of pyridine rings is 1. The summed E-state index contributed by atoms with van der Waals surface area (Å²) in [6.45, 7) is 7.83. The summed E-state index contributed by atoms with van der Waals surface area (Å²) in [6.07, 6.45) is 1.78. The molecule has 1 heterocycles. The molecule has 1 aromatic carbocycles. The second kappa shape index (κ2) is 6.69. The van der Waals surface area contributed by atoms with Crippen molar-refractivity contribution in [3.8, 4) is 11.1 Å². The highest BCUT2D eigenvalue weighted by Gasteiger charge is 2.29. The van der Waals surface area contributed by atoms with Gasteiger partial charge in [-0.3, -0.25) is 0 Å². The average Bonchev–Trinajstić information content (AvgIpc) is 2.47. The Balaban J connectivity index is 2.36. The third-order valence-electron chi connectivity index (χ3n) is 3.35. The summed E-state index contributed by atoms with van der Waals surface area (Å²) in [5.74, 6) is 0.463. The van der Waals surface area contributed by atoms with Crippen LogP contribution in [0.1, 0.15) is 39.3 Å². The van der Waals surface area contributed by atoms with E-state index in [1.807, 2.05) is 64.1 Å². The molecule has 0 spiro atoms. The lowest BCUT2D eigenvalue weighted by Crippen LogP contribution is -2.40. The summed E-state index contributed by atoms with van der Waals surface area (Å²) >= 11 is -1.15. The van der Waals surface area contributed by atoms with Crippen molar-refractivity contribution >= 4 is 17.2 Å². The Morgan fingerprint density at radius 2 is 1.86 bits per heavy atom. The van der Waals surface area contributed by atoms with Gasteiger partial charge in [-0.1, -0.05) is 30.3 Å². The van der Waals surface area contributed by atoms with E-state index in [9.17, 15) is 4.55 Å². The van der Waals surface area contributed by atoms with Gasteiger partial charge >= 0.3 is 0 Å². The zero-order valence-corrected chi connectivity index (χ0v) is 14.3. The summed E-state index contributed by atoms with van der Waals surface area (Å²) in [4.78, 5) is 4.20. The van der Waals surface area contributed by atoms with Crippen molar-refractivity contribution in [2.24, 2.45) is 0 Å². The minimum atomic E-state index is -1.15. The van der Waals surface area contributed by atoms with Gasteiger partial charge in [-0.05, 0) is 44.9 Å². The summed E-state index contributed by atoms with van der Waals surface area (Å²) < 4.78 is 15.2. The Hall–Kier alpha value is -1.56. The second-order valence-electron chi connectivity index (χ2n) is 6.28. The molecule has 2 aromatic rings. The third kappa shape index (κ3) is 4.00. The van der Waals surface area contributed by atoms with Gasteiger partial charge < -0.3 is 10.3 Å². The summed E-state index contributed by atoms with van der Waals surface area (Å²) in [5.41, 5.74) is 8.91. The Labute approximate surface area is 135 Å². The number of hydrogen-bond donors (Lipinski definition) is 2. The van der Waals surface area contributed by atoms with Crippen LogP contribution in [0.15, 0.2) is 42.6 Å². The van der Waals surface area contributed by atoms with Crippen molar-refractivity contribution in [3.63, 3.8) is 0 Å². The van der Waals surface area contributed by atoms with E-state index in [4.69, 9.17) is 5.73 Å². The summed E-state index contributed by atoms with van der Waals surface area (Å²) in [5, 5.41) is 0. The number of benzene rings is 1. The van der Waals surface area contributed by atoms with Gasteiger partial charge in [0.2, 0.25) is 0 Å². The highest BCUT2D eigenvalue weighted by Crippen LogP contribution is 2.30. The number of hydrogen-bond acceptors (Lipinski definition) is 4. The number of nitrogens with zero attached hydrogens (tertiary/aromatic N) is 1. The maximum absolute atomic E-state index is 12.3. The Morgan fingerprint density at radius 3 is 2.45 bits per heavy atom. The van der Waals surface area contributed by atoms with E-state index in [1.165, 1.54) is 0 Å². The zero-order chi connectivity index (χ0) is 16.3. The normalized spacial score (nSPS) is 14.6. The van der Waals surface area contributed by atoms with Crippen LogP contribution in [0.5, 0.6) is 0 Å². The zero-order valence-electron chi connectivity index (χ0n) is 13.5. The van der Waals surface area contributed by atoms with E-state index in [1.54, 1.807) is 6.20 Å². The Kier molecular flexibility index (Phi) is 5.11. The fourth-order valence-electron chi connectivity index (χ4n) is 2.11. The largest absolute Gasteiger partial charge is 0.598 e. The molecule has 5 heteroatoms. The minimum absolute atomic E-state index is 0.0967. The lowest BCUT2D eigenvalue weighted by Gasteiger charge is -2.27. The van der Waals surface area contributed by atoms with Crippen LogP contribution in [0.3, 0.4) is 0 Å². The van der Waals surface area contributed by atoms with Crippen molar-refractivity contribution in [1.82, 2.24) is 9.71 Å². The molecule has 0 aliphatic rings. The molecule has 0 aliphatic heterocycles. The fourth-order valence-corrected chi connectivity index (χ4v) is 2.91. The maximum Gasteiger partial charge on any atom is 0.136 e. The van der Waals surface area contributed by atoms with Crippen molar-refractivity contribution in [2.45, 2.75) is 38.5 Å². The maximum atomic E-state index is 12.3. The number of nitrogens with two attached hydrogens (primary N) is 1. The van der Waals surface area contributed by atoms with E-state index in [-0.39, 0.29) is 10.8 Å². The fraction of sp³-hybridized carbons (Fsp3) is 0.353. The van der Waals surface area contributed by atoms with Gasteiger partial charge in [0, 0.05) is 23.1 Å². The van der Waals surface area contributed by atoms with Gasteiger partial charge in [0.15, 0.2) is 0 Å². The van der Waals surface area contributed by atoms with E-state index >= 15 is 0 Å². The van der Waals surface area contributed by atoms with Crippen LogP contribution in [0.2, 0.25) is 0 Å². The van der Waals surface area contributed by atoms with Gasteiger partial charge in [-0.25, -0.2) is 4.98 Å². The molecule has 0 aliphatic carbocycles. The molecular weight excluding hydrogens is 294 g/mol. The number of nitrogen functional groups attached to an aromatic ring is 1. The van der Waals surface area contributed by atoms with Crippen LogP contribution in [-0.2, 0) is 11.4 Å². The van der Waals surface area contributed by atoms with Crippen molar-refractivity contribution in [2.75, 3.05) is 5.73 Å². The molecule has 0 fully saturated rings. The van der Waals surface area contributed by atoms with E-state index in [0.717, 1.165) is 16.7 Å². The first-order valence-corrected chi connectivity index (χ1v) is 8.43. The van der Waals surface area contributed by atoms with E-state index in [2.05, 4.69) is 9.71 Å².